The van der Waals surface area contributed by atoms with E-state index in [0.717, 1.165) is 28.7 Å². The van der Waals surface area contributed by atoms with Crippen molar-refractivity contribution in [3.8, 4) is 0 Å². The smallest absolute Gasteiger partial charge is 0.191 e. The Labute approximate surface area is 129 Å². The Hall–Kier alpha value is -1.76. The zero-order chi connectivity index (χ0) is 15.2. The number of aryl methyl sites for hydroxylation is 1. The van der Waals surface area contributed by atoms with Crippen molar-refractivity contribution < 1.29 is 0 Å². The van der Waals surface area contributed by atoms with Crippen LogP contribution in [0, 0.1) is 0 Å². The Morgan fingerprint density at radius 2 is 2.24 bits per heavy atom. The van der Waals surface area contributed by atoms with E-state index in [9.17, 15) is 0 Å². The molecule has 0 saturated carbocycles. The van der Waals surface area contributed by atoms with Crippen molar-refractivity contribution in [2.75, 3.05) is 16.8 Å². The molecule has 7 heteroatoms. The highest BCUT2D eigenvalue weighted by Gasteiger charge is 2.10. The van der Waals surface area contributed by atoms with Crippen LogP contribution >= 0.6 is 11.8 Å². The van der Waals surface area contributed by atoms with Crippen LogP contribution < -0.4 is 11.1 Å². The Kier molecular flexibility index (Phi) is 5.44. The van der Waals surface area contributed by atoms with Crippen LogP contribution in [0.4, 0.5) is 11.6 Å². The first-order chi connectivity index (χ1) is 10.1. The number of nitrogens with zero attached hydrogens (tertiary/aromatic N) is 4. The van der Waals surface area contributed by atoms with E-state index in [1.165, 1.54) is 6.42 Å². The lowest BCUT2D eigenvalue weighted by Crippen LogP contribution is -2.09. The molecule has 2 heterocycles. The Morgan fingerprint density at radius 3 is 2.90 bits per heavy atom. The van der Waals surface area contributed by atoms with Gasteiger partial charge in [0.2, 0.25) is 0 Å². The van der Waals surface area contributed by atoms with Gasteiger partial charge < -0.3 is 11.1 Å². The van der Waals surface area contributed by atoms with Crippen molar-refractivity contribution in [2.24, 2.45) is 7.05 Å². The van der Waals surface area contributed by atoms with Crippen molar-refractivity contribution >= 4 is 23.4 Å². The van der Waals surface area contributed by atoms with E-state index in [2.05, 4.69) is 34.2 Å². The standard InChI is InChI=1S/C14H22N6S/c1-4-5-6-21-14-18-12(15)7-13(19-14)17-10(2)11-8-16-20(3)9-11/h7-10H,4-6H2,1-3H3,(H3,15,17,18,19)/t10-/m1/s1. The maximum absolute atomic E-state index is 5.86. The maximum Gasteiger partial charge on any atom is 0.191 e. The zero-order valence-corrected chi connectivity index (χ0v) is 13.5. The zero-order valence-electron chi connectivity index (χ0n) is 12.7. The van der Waals surface area contributed by atoms with Crippen LogP contribution in [0.2, 0.25) is 0 Å². The van der Waals surface area contributed by atoms with Crippen molar-refractivity contribution in [3.05, 3.63) is 24.0 Å². The van der Waals surface area contributed by atoms with E-state index in [4.69, 9.17) is 5.73 Å². The first-order valence-electron chi connectivity index (χ1n) is 7.11. The van der Waals surface area contributed by atoms with Crippen LogP contribution in [0.5, 0.6) is 0 Å². The molecule has 0 amide bonds. The highest BCUT2D eigenvalue weighted by atomic mass is 32.2. The average molecular weight is 306 g/mol. The van der Waals surface area contributed by atoms with Crippen LogP contribution in [0.15, 0.2) is 23.6 Å². The van der Waals surface area contributed by atoms with Gasteiger partial charge >= 0.3 is 0 Å². The molecular formula is C14H22N6S. The first kappa shape index (κ1) is 15.6. The van der Waals surface area contributed by atoms with Gasteiger partial charge in [0.05, 0.1) is 12.2 Å². The van der Waals surface area contributed by atoms with Gasteiger partial charge in [-0.1, -0.05) is 25.1 Å². The number of rotatable bonds is 7. The summed E-state index contributed by atoms with van der Waals surface area (Å²) in [4.78, 5) is 8.77. The Balaban J connectivity index is 2.05. The fraction of sp³-hybridized carbons (Fsp3) is 0.500. The number of thioether (sulfide) groups is 1. The monoisotopic (exact) mass is 306 g/mol. The summed E-state index contributed by atoms with van der Waals surface area (Å²) in [7, 11) is 1.90. The van der Waals surface area contributed by atoms with E-state index in [0.29, 0.717) is 5.82 Å². The minimum absolute atomic E-state index is 0.112. The number of hydrogen-bond acceptors (Lipinski definition) is 6. The van der Waals surface area contributed by atoms with E-state index < -0.39 is 0 Å². The predicted molar refractivity (Wildman–Crippen MR) is 87.3 cm³/mol. The molecule has 0 unspecified atom stereocenters. The van der Waals surface area contributed by atoms with Crippen molar-refractivity contribution in [1.82, 2.24) is 19.7 Å². The van der Waals surface area contributed by atoms with Gasteiger partial charge in [-0.05, 0) is 13.3 Å². The molecule has 0 aliphatic rings. The third kappa shape index (κ3) is 4.63. The molecule has 2 rings (SSSR count). The predicted octanol–water partition coefficient (Wildman–Crippen LogP) is 2.86. The van der Waals surface area contributed by atoms with Gasteiger partial charge in [0.25, 0.3) is 0 Å². The quantitative estimate of drug-likeness (QED) is 0.465. The molecule has 0 aromatic carbocycles. The number of aromatic nitrogens is 4. The molecule has 0 aliphatic heterocycles. The Bertz CT molecular complexity index is 583. The molecule has 21 heavy (non-hydrogen) atoms. The van der Waals surface area contributed by atoms with Gasteiger partial charge in [-0.3, -0.25) is 4.68 Å². The number of unbranched alkanes of at least 4 members (excludes halogenated alkanes) is 1. The van der Waals surface area contributed by atoms with Crippen molar-refractivity contribution in [2.45, 2.75) is 37.9 Å². The summed E-state index contributed by atoms with van der Waals surface area (Å²) in [6, 6.07) is 1.87. The lowest BCUT2D eigenvalue weighted by molar-refractivity contribution is 0.765. The van der Waals surface area contributed by atoms with Crippen LogP contribution in [0.25, 0.3) is 0 Å². The highest BCUT2D eigenvalue weighted by Crippen LogP contribution is 2.22. The third-order valence-electron chi connectivity index (χ3n) is 3.04. The number of nitrogens with two attached hydrogens (primary N) is 1. The van der Waals surface area contributed by atoms with Gasteiger partial charge in [-0.15, -0.1) is 0 Å². The number of nitrogen functional groups attached to an aromatic ring is 1. The molecule has 0 aliphatic carbocycles. The fourth-order valence-electron chi connectivity index (χ4n) is 1.86. The summed E-state index contributed by atoms with van der Waals surface area (Å²) in [5, 5.41) is 8.25. The lowest BCUT2D eigenvalue weighted by atomic mass is 10.2. The molecule has 0 fully saturated rings. The molecular weight excluding hydrogens is 284 g/mol. The number of anilines is 2. The summed E-state index contributed by atoms with van der Waals surface area (Å²) in [6.07, 6.45) is 6.15. The van der Waals surface area contributed by atoms with Crippen LogP contribution in [-0.2, 0) is 7.05 Å². The molecule has 0 saturated heterocycles. The summed E-state index contributed by atoms with van der Waals surface area (Å²) in [6.45, 7) is 4.24. The minimum atomic E-state index is 0.112. The average Bonchev–Trinajstić information content (AvgIpc) is 2.85. The molecule has 0 spiro atoms. The number of hydrogen-bond donors (Lipinski definition) is 2. The molecule has 6 nitrogen and oxygen atoms in total. The van der Waals surface area contributed by atoms with Gasteiger partial charge in [-0.25, -0.2) is 9.97 Å². The summed E-state index contributed by atoms with van der Waals surface area (Å²) in [5.41, 5.74) is 6.97. The third-order valence-corrected chi connectivity index (χ3v) is 3.98. The highest BCUT2D eigenvalue weighted by molar-refractivity contribution is 7.99. The van der Waals surface area contributed by atoms with Crippen LogP contribution in [0.3, 0.4) is 0 Å². The van der Waals surface area contributed by atoms with E-state index in [1.807, 2.05) is 19.4 Å². The molecule has 2 aromatic rings. The minimum Gasteiger partial charge on any atom is -0.383 e. The number of nitrogens with one attached hydrogen (secondary N) is 1. The molecule has 1 atom stereocenters. The van der Waals surface area contributed by atoms with Crippen LogP contribution in [0.1, 0.15) is 38.3 Å². The SMILES string of the molecule is CCCCSc1nc(N)cc(N[C@H](C)c2cnn(C)c2)n1. The van der Waals surface area contributed by atoms with Crippen molar-refractivity contribution in [1.29, 1.82) is 0 Å². The molecule has 0 radical (unpaired) electrons. The van der Waals surface area contributed by atoms with Gasteiger partial charge in [0.15, 0.2) is 5.16 Å². The van der Waals surface area contributed by atoms with E-state index in [1.54, 1.807) is 22.5 Å². The topological polar surface area (TPSA) is 81.6 Å². The Morgan fingerprint density at radius 1 is 1.43 bits per heavy atom. The molecule has 2 aromatic heterocycles. The lowest BCUT2D eigenvalue weighted by Gasteiger charge is -2.13. The molecule has 0 bridgehead atoms. The molecule has 114 valence electrons. The second-order valence-corrected chi connectivity index (χ2v) is 6.04. The summed E-state index contributed by atoms with van der Waals surface area (Å²) < 4.78 is 1.79. The van der Waals surface area contributed by atoms with E-state index in [-0.39, 0.29) is 6.04 Å². The van der Waals surface area contributed by atoms with Gasteiger partial charge in [-0.2, -0.15) is 5.10 Å². The second kappa shape index (κ2) is 7.31. The second-order valence-electron chi connectivity index (χ2n) is 4.98. The largest absolute Gasteiger partial charge is 0.383 e. The maximum atomic E-state index is 5.86. The van der Waals surface area contributed by atoms with Crippen LogP contribution in [-0.4, -0.2) is 25.5 Å². The molecule has 3 N–H and O–H groups in total. The van der Waals surface area contributed by atoms with Crippen molar-refractivity contribution in [3.63, 3.8) is 0 Å². The summed E-state index contributed by atoms with van der Waals surface area (Å²) >= 11 is 1.64. The normalized spacial score (nSPS) is 12.3. The fourth-order valence-corrected chi connectivity index (χ4v) is 2.81. The first-order valence-corrected chi connectivity index (χ1v) is 8.09. The summed E-state index contributed by atoms with van der Waals surface area (Å²) in [5.74, 6) is 2.25. The van der Waals surface area contributed by atoms with E-state index >= 15 is 0 Å². The van der Waals surface area contributed by atoms with Gasteiger partial charge in [0, 0.05) is 30.6 Å². The van der Waals surface area contributed by atoms with Gasteiger partial charge in [0.1, 0.15) is 11.6 Å².